The molecule has 0 radical (unpaired) electrons. The van der Waals surface area contributed by atoms with Crippen LogP contribution in [0.25, 0.3) is 0 Å². The number of hydrogen-bond donors (Lipinski definition) is 1. The number of hydrogen-bond acceptors (Lipinski definition) is 5. The standard InChI is InChI=1S/C21H22BrN3O4/c22-16-3-1-15(2-4-16)21(27)23-17-5-6-19-18(13-17)25(20(26)14-29-19)8-7-24-9-11-28-12-10-24/h1-6,13H,7-12,14H2,(H,23,27). The lowest BCUT2D eigenvalue weighted by Crippen LogP contribution is -2.45. The quantitative estimate of drug-likeness (QED) is 0.744. The number of halogens is 1. The molecule has 0 spiro atoms. The summed E-state index contributed by atoms with van der Waals surface area (Å²) in [5.41, 5.74) is 1.86. The minimum absolute atomic E-state index is 0.0285. The molecule has 2 amide bonds. The van der Waals surface area contributed by atoms with Crippen molar-refractivity contribution in [1.29, 1.82) is 0 Å². The van der Waals surface area contributed by atoms with Gasteiger partial charge in [0.05, 0.1) is 18.9 Å². The van der Waals surface area contributed by atoms with E-state index in [2.05, 4.69) is 26.1 Å². The molecule has 0 saturated carbocycles. The normalized spacial score (nSPS) is 16.9. The van der Waals surface area contributed by atoms with Crippen LogP contribution in [0.4, 0.5) is 11.4 Å². The highest BCUT2D eigenvalue weighted by Crippen LogP contribution is 2.34. The first-order valence-electron chi connectivity index (χ1n) is 9.54. The summed E-state index contributed by atoms with van der Waals surface area (Å²) in [5.74, 6) is 0.357. The van der Waals surface area contributed by atoms with Gasteiger partial charge in [-0.15, -0.1) is 0 Å². The fourth-order valence-electron chi connectivity index (χ4n) is 3.40. The topological polar surface area (TPSA) is 71.1 Å². The number of nitrogens with one attached hydrogen (secondary N) is 1. The second kappa shape index (κ2) is 8.94. The Morgan fingerprint density at radius 1 is 1.07 bits per heavy atom. The van der Waals surface area contributed by atoms with Crippen molar-refractivity contribution < 1.29 is 19.1 Å². The van der Waals surface area contributed by atoms with Crippen molar-refractivity contribution in [3.63, 3.8) is 0 Å². The van der Waals surface area contributed by atoms with Crippen LogP contribution in [-0.2, 0) is 9.53 Å². The Bertz CT molecular complexity index is 897. The van der Waals surface area contributed by atoms with Gasteiger partial charge in [0.2, 0.25) is 0 Å². The summed E-state index contributed by atoms with van der Waals surface area (Å²) in [6, 6.07) is 12.5. The third-order valence-corrected chi connectivity index (χ3v) is 5.54. The van der Waals surface area contributed by atoms with Crippen LogP contribution in [0.15, 0.2) is 46.9 Å². The lowest BCUT2D eigenvalue weighted by atomic mass is 10.1. The lowest BCUT2D eigenvalue weighted by Gasteiger charge is -2.33. The van der Waals surface area contributed by atoms with Crippen LogP contribution in [0.1, 0.15) is 10.4 Å². The average molecular weight is 460 g/mol. The predicted octanol–water partition coefficient (Wildman–Crippen LogP) is 2.76. The second-order valence-corrected chi connectivity index (χ2v) is 7.85. The van der Waals surface area contributed by atoms with E-state index in [0.29, 0.717) is 29.2 Å². The molecule has 152 valence electrons. The van der Waals surface area contributed by atoms with E-state index in [4.69, 9.17) is 9.47 Å². The zero-order valence-electron chi connectivity index (χ0n) is 15.9. The minimum Gasteiger partial charge on any atom is -0.482 e. The smallest absolute Gasteiger partial charge is 0.265 e. The molecule has 7 nitrogen and oxygen atoms in total. The first-order chi connectivity index (χ1) is 14.1. The van der Waals surface area contributed by atoms with Crippen LogP contribution in [0, 0.1) is 0 Å². The molecule has 2 aromatic rings. The summed E-state index contributed by atoms with van der Waals surface area (Å²) >= 11 is 3.36. The maximum Gasteiger partial charge on any atom is 0.265 e. The molecule has 0 unspecified atom stereocenters. The van der Waals surface area contributed by atoms with Crippen molar-refractivity contribution in [2.45, 2.75) is 0 Å². The molecule has 1 fully saturated rings. The van der Waals surface area contributed by atoms with Gasteiger partial charge in [-0.05, 0) is 42.5 Å². The Kier molecular flexibility index (Phi) is 6.13. The van der Waals surface area contributed by atoms with Crippen molar-refractivity contribution in [3.8, 4) is 5.75 Å². The Balaban J connectivity index is 1.49. The van der Waals surface area contributed by atoms with Crippen molar-refractivity contribution in [2.75, 3.05) is 56.2 Å². The predicted molar refractivity (Wildman–Crippen MR) is 114 cm³/mol. The van der Waals surface area contributed by atoms with Crippen molar-refractivity contribution in [2.24, 2.45) is 0 Å². The number of benzene rings is 2. The van der Waals surface area contributed by atoms with Crippen molar-refractivity contribution >= 4 is 39.1 Å². The molecule has 2 aliphatic rings. The van der Waals surface area contributed by atoms with E-state index in [1.54, 1.807) is 35.2 Å². The zero-order valence-corrected chi connectivity index (χ0v) is 17.5. The summed E-state index contributed by atoms with van der Waals surface area (Å²) < 4.78 is 11.9. The monoisotopic (exact) mass is 459 g/mol. The van der Waals surface area contributed by atoms with Gasteiger partial charge in [0.15, 0.2) is 6.61 Å². The minimum atomic E-state index is -0.208. The highest BCUT2D eigenvalue weighted by atomic mass is 79.9. The lowest BCUT2D eigenvalue weighted by molar-refractivity contribution is -0.121. The third-order valence-electron chi connectivity index (χ3n) is 5.01. The van der Waals surface area contributed by atoms with Gasteiger partial charge < -0.3 is 19.7 Å². The summed E-state index contributed by atoms with van der Waals surface area (Å²) in [7, 11) is 0. The first kappa shape index (κ1) is 19.9. The van der Waals surface area contributed by atoms with Gasteiger partial charge in [-0.25, -0.2) is 0 Å². The maximum atomic E-state index is 12.5. The fourth-order valence-corrected chi connectivity index (χ4v) is 3.66. The number of fused-ring (bicyclic) bond motifs is 1. The van der Waals surface area contributed by atoms with Crippen LogP contribution in [0.2, 0.25) is 0 Å². The SMILES string of the molecule is O=C(Nc1ccc2c(c1)N(CCN1CCOCC1)C(=O)CO2)c1ccc(Br)cc1. The molecule has 0 aromatic heterocycles. The van der Waals surface area contributed by atoms with E-state index in [1.165, 1.54) is 0 Å². The molecule has 4 rings (SSSR count). The van der Waals surface area contributed by atoms with E-state index in [-0.39, 0.29) is 18.4 Å². The Morgan fingerprint density at radius 3 is 2.59 bits per heavy atom. The van der Waals surface area contributed by atoms with Crippen molar-refractivity contribution in [1.82, 2.24) is 4.90 Å². The maximum absolute atomic E-state index is 12.5. The molecule has 2 aliphatic heterocycles. The molecule has 2 heterocycles. The van der Waals surface area contributed by atoms with Gasteiger partial charge in [0.1, 0.15) is 5.75 Å². The second-order valence-electron chi connectivity index (χ2n) is 6.93. The third kappa shape index (κ3) is 4.77. The number of anilines is 2. The van der Waals surface area contributed by atoms with Crippen LogP contribution in [0.5, 0.6) is 5.75 Å². The summed E-state index contributed by atoms with van der Waals surface area (Å²) in [5, 5.41) is 2.89. The molecule has 8 heteroatoms. The van der Waals surface area contributed by atoms with Crippen LogP contribution < -0.4 is 15.0 Å². The fraction of sp³-hybridized carbons (Fsp3) is 0.333. The molecule has 1 saturated heterocycles. The zero-order chi connectivity index (χ0) is 20.2. The number of ether oxygens (including phenoxy) is 2. The summed E-state index contributed by atoms with van der Waals surface area (Å²) in [6.45, 7) is 4.55. The number of carbonyl (C=O) groups excluding carboxylic acids is 2. The van der Waals surface area contributed by atoms with Gasteiger partial charge in [-0.1, -0.05) is 15.9 Å². The number of carbonyl (C=O) groups is 2. The Labute approximate surface area is 177 Å². The van der Waals surface area contributed by atoms with Gasteiger partial charge in [-0.3, -0.25) is 14.5 Å². The van der Waals surface area contributed by atoms with E-state index in [1.807, 2.05) is 12.1 Å². The summed E-state index contributed by atoms with van der Waals surface area (Å²) in [4.78, 5) is 29.0. The number of morpholine rings is 1. The van der Waals surface area contributed by atoms with Gasteiger partial charge in [0, 0.05) is 41.9 Å². The molecule has 29 heavy (non-hydrogen) atoms. The summed E-state index contributed by atoms with van der Waals surface area (Å²) in [6.07, 6.45) is 0. The molecule has 1 N–H and O–H groups in total. The van der Waals surface area contributed by atoms with E-state index in [0.717, 1.165) is 37.3 Å². The average Bonchev–Trinajstić information content (AvgIpc) is 2.74. The Hall–Kier alpha value is -2.42. The molecule has 0 bridgehead atoms. The highest BCUT2D eigenvalue weighted by Gasteiger charge is 2.26. The molecule has 0 atom stereocenters. The number of amides is 2. The molecular formula is C21H22BrN3O4. The Morgan fingerprint density at radius 2 is 1.83 bits per heavy atom. The van der Waals surface area contributed by atoms with E-state index in [9.17, 15) is 9.59 Å². The first-order valence-corrected chi connectivity index (χ1v) is 10.3. The van der Waals surface area contributed by atoms with Gasteiger partial charge >= 0.3 is 0 Å². The van der Waals surface area contributed by atoms with Gasteiger partial charge in [0.25, 0.3) is 11.8 Å². The molecule has 2 aromatic carbocycles. The van der Waals surface area contributed by atoms with Crippen LogP contribution in [-0.4, -0.2) is 62.7 Å². The largest absolute Gasteiger partial charge is 0.482 e. The van der Waals surface area contributed by atoms with Gasteiger partial charge in [-0.2, -0.15) is 0 Å². The van der Waals surface area contributed by atoms with E-state index < -0.39 is 0 Å². The number of rotatable bonds is 5. The molecule has 0 aliphatic carbocycles. The van der Waals surface area contributed by atoms with E-state index >= 15 is 0 Å². The van der Waals surface area contributed by atoms with Crippen LogP contribution in [0.3, 0.4) is 0 Å². The number of nitrogens with zero attached hydrogens (tertiary/aromatic N) is 2. The highest BCUT2D eigenvalue weighted by molar-refractivity contribution is 9.10. The molecular weight excluding hydrogens is 438 g/mol. The van der Waals surface area contributed by atoms with Crippen molar-refractivity contribution in [3.05, 3.63) is 52.5 Å². The van der Waals surface area contributed by atoms with Crippen LogP contribution >= 0.6 is 15.9 Å².